The summed E-state index contributed by atoms with van der Waals surface area (Å²) in [6.07, 6.45) is 2.04. The predicted octanol–water partition coefficient (Wildman–Crippen LogP) is 1.70. The highest BCUT2D eigenvalue weighted by atomic mass is 16.3. The Kier molecular flexibility index (Phi) is 6.27. The Morgan fingerprint density at radius 2 is 2.10 bits per heavy atom. The molecule has 0 aliphatic rings. The van der Waals surface area contributed by atoms with Gasteiger partial charge < -0.3 is 15.7 Å². The highest BCUT2D eigenvalue weighted by Gasteiger charge is 2.10. The summed E-state index contributed by atoms with van der Waals surface area (Å²) in [5.41, 5.74) is 1.70. The summed E-state index contributed by atoms with van der Waals surface area (Å²) >= 11 is 0. The minimum atomic E-state index is -0.475. The lowest BCUT2D eigenvalue weighted by Crippen LogP contribution is -2.28. The second-order valence-corrected chi connectivity index (χ2v) is 4.44. The zero-order valence-electron chi connectivity index (χ0n) is 11.7. The molecule has 5 heteroatoms. The van der Waals surface area contributed by atoms with Gasteiger partial charge in [-0.15, -0.1) is 0 Å². The van der Waals surface area contributed by atoms with Crippen LogP contribution in [0.1, 0.15) is 18.9 Å². The average molecular weight is 273 g/mol. The Balaban J connectivity index is 2.70. The van der Waals surface area contributed by atoms with Crippen LogP contribution in [0.2, 0.25) is 0 Å². The van der Waals surface area contributed by atoms with E-state index in [0.717, 1.165) is 5.56 Å². The first-order chi connectivity index (χ1) is 9.60. The molecule has 0 bridgehead atoms. The number of anilines is 1. The fourth-order valence-corrected chi connectivity index (χ4v) is 1.48. The van der Waals surface area contributed by atoms with Gasteiger partial charge in [0.2, 0.25) is 0 Å². The van der Waals surface area contributed by atoms with Crippen molar-refractivity contribution in [2.24, 2.45) is 0 Å². The van der Waals surface area contributed by atoms with E-state index in [1.807, 2.05) is 32.0 Å². The highest BCUT2D eigenvalue weighted by Crippen LogP contribution is 2.09. The van der Waals surface area contributed by atoms with E-state index in [1.165, 1.54) is 6.20 Å². The first kappa shape index (κ1) is 15.7. The van der Waals surface area contributed by atoms with Gasteiger partial charge >= 0.3 is 0 Å². The number of nitriles is 1. The van der Waals surface area contributed by atoms with E-state index < -0.39 is 5.91 Å². The third-order valence-electron chi connectivity index (χ3n) is 2.85. The van der Waals surface area contributed by atoms with Gasteiger partial charge in [0.1, 0.15) is 11.6 Å². The van der Waals surface area contributed by atoms with E-state index in [-0.39, 0.29) is 18.2 Å². The van der Waals surface area contributed by atoms with Crippen molar-refractivity contribution in [3.8, 4) is 6.07 Å². The standard InChI is InChI=1S/C15H19N3O2/c1-3-13(10-19)17-9-12(8-16)15(20)18-14-6-4-11(2)5-7-14/h4-7,9,13,17,19H,3,10H2,1-2H3,(H,18,20)/b12-9-. The van der Waals surface area contributed by atoms with Crippen LogP contribution in [0.5, 0.6) is 0 Å². The van der Waals surface area contributed by atoms with Crippen molar-refractivity contribution in [1.82, 2.24) is 5.32 Å². The highest BCUT2D eigenvalue weighted by molar-refractivity contribution is 6.06. The summed E-state index contributed by atoms with van der Waals surface area (Å²) in [5, 5.41) is 23.5. The molecule has 3 N–H and O–H groups in total. The Labute approximate surface area is 118 Å². The Morgan fingerprint density at radius 3 is 2.60 bits per heavy atom. The van der Waals surface area contributed by atoms with E-state index >= 15 is 0 Å². The molecule has 1 atom stereocenters. The molecule has 0 heterocycles. The largest absolute Gasteiger partial charge is 0.394 e. The van der Waals surface area contributed by atoms with Crippen LogP contribution in [0.4, 0.5) is 5.69 Å². The van der Waals surface area contributed by atoms with Crippen LogP contribution in [-0.4, -0.2) is 23.7 Å². The van der Waals surface area contributed by atoms with Crippen molar-refractivity contribution in [1.29, 1.82) is 5.26 Å². The van der Waals surface area contributed by atoms with Crippen LogP contribution in [0, 0.1) is 18.3 Å². The first-order valence-electron chi connectivity index (χ1n) is 6.45. The molecule has 0 aliphatic heterocycles. The van der Waals surface area contributed by atoms with Crippen molar-refractivity contribution in [3.63, 3.8) is 0 Å². The smallest absolute Gasteiger partial charge is 0.267 e. The van der Waals surface area contributed by atoms with Gasteiger partial charge in [-0.05, 0) is 25.5 Å². The van der Waals surface area contributed by atoms with Gasteiger partial charge in [0, 0.05) is 17.9 Å². The number of nitrogens with zero attached hydrogens (tertiary/aromatic N) is 1. The van der Waals surface area contributed by atoms with Gasteiger partial charge in [-0.1, -0.05) is 24.6 Å². The number of benzene rings is 1. The molecule has 1 rings (SSSR count). The van der Waals surface area contributed by atoms with Crippen LogP contribution < -0.4 is 10.6 Å². The quantitative estimate of drug-likeness (QED) is 0.544. The number of hydrogen-bond donors (Lipinski definition) is 3. The lowest BCUT2D eigenvalue weighted by Gasteiger charge is -2.12. The Morgan fingerprint density at radius 1 is 1.45 bits per heavy atom. The maximum absolute atomic E-state index is 11.9. The average Bonchev–Trinajstić information content (AvgIpc) is 2.46. The molecule has 0 saturated carbocycles. The molecule has 1 aromatic rings. The van der Waals surface area contributed by atoms with Crippen LogP contribution >= 0.6 is 0 Å². The lowest BCUT2D eigenvalue weighted by molar-refractivity contribution is -0.112. The van der Waals surface area contributed by atoms with E-state index in [1.54, 1.807) is 12.1 Å². The minimum absolute atomic E-state index is 0.0301. The molecule has 106 valence electrons. The third kappa shape index (κ3) is 4.75. The molecule has 20 heavy (non-hydrogen) atoms. The van der Waals surface area contributed by atoms with Crippen LogP contribution in [0.3, 0.4) is 0 Å². The maximum atomic E-state index is 11.9. The van der Waals surface area contributed by atoms with Crippen molar-refractivity contribution in [3.05, 3.63) is 41.6 Å². The van der Waals surface area contributed by atoms with Crippen molar-refractivity contribution in [2.45, 2.75) is 26.3 Å². The number of aryl methyl sites for hydroxylation is 1. The van der Waals surface area contributed by atoms with E-state index in [2.05, 4.69) is 10.6 Å². The number of aliphatic hydroxyl groups excluding tert-OH is 1. The molecule has 1 amide bonds. The molecule has 0 fully saturated rings. The molecule has 5 nitrogen and oxygen atoms in total. The summed E-state index contributed by atoms with van der Waals surface area (Å²) in [7, 11) is 0. The van der Waals surface area contributed by atoms with Crippen LogP contribution in [0.25, 0.3) is 0 Å². The lowest BCUT2D eigenvalue weighted by atomic mass is 10.2. The number of carbonyl (C=O) groups excluding carboxylic acids is 1. The van der Waals surface area contributed by atoms with E-state index in [4.69, 9.17) is 10.4 Å². The third-order valence-corrected chi connectivity index (χ3v) is 2.85. The second kappa shape index (κ2) is 7.97. The first-order valence-corrected chi connectivity index (χ1v) is 6.45. The molecule has 1 unspecified atom stereocenters. The predicted molar refractivity (Wildman–Crippen MR) is 77.8 cm³/mol. The SMILES string of the molecule is CCC(CO)N/C=C(/C#N)C(=O)Nc1ccc(C)cc1. The van der Waals surface area contributed by atoms with Crippen molar-refractivity contribution < 1.29 is 9.90 Å². The van der Waals surface area contributed by atoms with Crippen molar-refractivity contribution >= 4 is 11.6 Å². The van der Waals surface area contributed by atoms with Crippen molar-refractivity contribution in [2.75, 3.05) is 11.9 Å². The number of hydrogen-bond acceptors (Lipinski definition) is 4. The Bertz CT molecular complexity index is 511. The number of rotatable bonds is 6. The summed E-state index contributed by atoms with van der Waals surface area (Å²) in [4.78, 5) is 11.9. The second-order valence-electron chi connectivity index (χ2n) is 4.44. The molecular weight excluding hydrogens is 254 g/mol. The van der Waals surface area contributed by atoms with Gasteiger partial charge in [0.15, 0.2) is 0 Å². The topological polar surface area (TPSA) is 85.2 Å². The maximum Gasteiger partial charge on any atom is 0.267 e. The summed E-state index contributed by atoms with van der Waals surface area (Å²) < 4.78 is 0. The molecule has 0 aromatic heterocycles. The summed E-state index contributed by atoms with van der Waals surface area (Å²) in [6.45, 7) is 3.81. The molecule has 0 radical (unpaired) electrons. The normalized spacial score (nSPS) is 12.4. The molecule has 0 aliphatic carbocycles. The van der Waals surface area contributed by atoms with Crippen LogP contribution in [0.15, 0.2) is 36.0 Å². The number of aliphatic hydroxyl groups is 1. The van der Waals surface area contributed by atoms with Gasteiger partial charge in [-0.3, -0.25) is 4.79 Å². The Hall–Kier alpha value is -2.32. The monoisotopic (exact) mass is 273 g/mol. The number of amides is 1. The fraction of sp³-hybridized carbons (Fsp3) is 0.333. The zero-order chi connectivity index (χ0) is 15.0. The number of nitrogens with one attached hydrogen (secondary N) is 2. The zero-order valence-corrected chi connectivity index (χ0v) is 11.7. The van der Waals surface area contributed by atoms with Gasteiger partial charge in [0.05, 0.1) is 6.61 Å². The number of carbonyl (C=O) groups is 1. The van der Waals surface area contributed by atoms with Crippen LogP contribution in [-0.2, 0) is 4.79 Å². The molecular formula is C15H19N3O2. The molecule has 0 saturated heterocycles. The van der Waals surface area contributed by atoms with E-state index in [0.29, 0.717) is 12.1 Å². The molecule has 0 spiro atoms. The fourth-order valence-electron chi connectivity index (χ4n) is 1.48. The van der Waals surface area contributed by atoms with Gasteiger partial charge in [-0.2, -0.15) is 5.26 Å². The minimum Gasteiger partial charge on any atom is -0.394 e. The molecule has 1 aromatic carbocycles. The van der Waals surface area contributed by atoms with E-state index in [9.17, 15) is 4.79 Å². The van der Waals surface area contributed by atoms with Gasteiger partial charge in [-0.25, -0.2) is 0 Å². The summed E-state index contributed by atoms with van der Waals surface area (Å²) in [6, 6.07) is 8.99. The summed E-state index contributed by atoms with van der Waals surface area (Å²) in [5.74, 6) is -0.475. The van der Waals surface area contributed by atoms with Gasteiger partial charge in [0.25, 0.3) is 5.91 Å².